The van der Waals surface area contributed by atoms with Crippen LogP contribution in [0.15, 0.2) is 37.4 Å². The van der Waals surface area contributed by atoms with E-state index in [0.717, 1.165) is 32.1 Å². The maximum atomic E-state index is 14.7. The van der Waals surface area contributed by atoms with E-state index in [1.165, 1.54) is 4.90 Å². The summed E-state index contributed by atoms with van der Waals surface area (Å²) in [5.41, 5.74) is 0.933. The highest BCUT2D eigenvalue weighted by molar-refractivity contribution is 5.91. The van der Waals surface area contributed by atoms with Crippen LogP contribution < -0.4 is 14.8 Å². The zero-order valence-corrected chi connectivity index (χ0v) is 31.8. The Morgan fingerprint density at radius 1 is 1.10 bits per heavy atom. The standard InChI is InChI=1S/C40H58N4O7/c1-11-14-15-16-26-19-25(6)20-32(26)51-39(47)43-35(40(7,8)9)37(45)44-22-33(28(12-2)34(44)38(46)49-23-24(4)5)50-36-29(13-3)41-30-18-17-27(48-10)21-31(30)42-36/h11,13,17-18,21,24-26,28,32-35H,1,3,12,14-16,19-20,22-23H2,2,4-10H3,(H,43,47)/t25-,26-,28-,32-,33+,34+,35-/m1/s1. The van der Waals surface area contributed by atoms with Gasteiger partial charge in [0.05, 0.1) is 31.3 Å². The molecule has 11 heteroatoms. The van der Waals surface area contributed by atoms with Gasteiger partial charge in [0.2, 0.25) is 11.8 Å². The van der Waals surface area contributed by atoms with E-state index in [-0.39, 0.29) is 37.0 Å². The molecule has 0 spiro atoms. The highest BCUT2D eigenvalue weighted by atomic mass is 16.6. The molecule has 2 aromatic rings. The van der Waals surface area contributed by atoms with Crippen LogP contribution in [-0.2, 0) is 19.1 Å². The van der Waals surface area contributed by atoms with Crippen molar-refractivity contribution in [1.29, 1.82) is 0 Å². The van der Waals surface area contributed by atoms with Gasteiger partial charge in [0.15, 0.2) is 0 Å². The lowest BCUT2D eigenvalue weighted by Gasteiger charge is -2.35. The molecule has 1 saturated carbocycles. The van der Waals surface area contributed by atoms with Crippen LogP contribution in [0.4, 0.5) is 4.79 Å². The van der Waals surface area contributed by atoms with Gasteiger partial charge in [0.25, 0.3) is 0 Å². The van der Waals surface area contributed by atoms with Crippen molar-refractivity contribution in [3.8, 4) is 11.6 Å². The number of hydrogen-bond donors (Lipinski definition) is 1. The van der Waals surface area contributed by atoms with Crippen molar-refractivity contribution < 1.29 is 33.3 Å². The van der Waals surface area contributed by atoms with Crippen molar-refractivity contribution in [3.63, 3.8) is 0 Å². The van der Waals surface area contributed by atoms with E-state index in [2.05, 4.69) is 30.4 Å². The lowest BCUT2D eigenvalue weighted by molar-refractivity contribution is -0.157. The molecule has 2 amide bonds. The third-order valence-corrected chi connectivity index (χ3v) is 9.95. The molecule has 51 heavy (non-hydrogen) atoms. The first kappa shape index (κ1) is 39.6. The zero-order valence-electron chi connectivity index (χ0n) is 31.8. The minimum Gasteiger partial charge on any atom is -0.497 e. The molecule has 0 bridgehead atoms. The van der Waals surface area contributed by atoms with Crippen LogP contribution in [0, 0.1) is 29.1 Å². The molecular formula is C40H58N4O7. The monoisotopic (exact) mass is 706 g/mol. The molecule has 280 valence electrons. The number of allylic oxidation sites excluding steroid dienone is 1. The summed E-state index contributed by atoms with van der Waals surface area (Å²) < 4.78 is 23.7. The minimum atomic E-state index is -0.989. The Balaban J connectivity index is 1.63. The second-order valence-electron chi connectivity index (χ2n) is 15.6. The van der Waals surface area contributed by atoms with E-state index < -0.39 is 47.5 Å². The van der Waals surface area contributed by atoms with Gasteiger partial charge in [0.1, 0.15) is 35.7 Å². The third kappa shape index (κ3) is 9.80. The predicted molar refractivity (Wildman–Crippen MR) is 198 cm³/mol. The normalized spacial score (nSPS) is 23.9. The summed E-state index contributed by atoms with van der Waals surface area (Å²) in [5.74, 6) is 0.314. The molecule has 1 aromatic heterocycles. The SMILES string of the molecule is C=CCCC[C@@H]1C[C@@H](C)C[C@H]1OC(=O)N[C@H](C(=O)N1C[C@H](Oc2nc3cc(OC)ccc3nc2C=C)[C@@H](CC)[C@H]1C(=O)OCC(C)C)C(C)(C)C. The number of alkyl carbamates (subject to hydrolysis) is 1. The number of amides is 2. The summed E-state index contributed by atoms with van der Waals surface area (Å²) in [6.07, 6.45) is 7.14. The fraction of sp³-hybridized carbons (Fsp3) is 0.625. The molecule has 1 aliphatic carbocycles. The van der Waals surface area contributed by atoms with Crippen LogP contribution in [0.3, 0.4) is 0 Å². The fourth-order valence-corrected chi connectivity index (χ4v) is 7.30. The molecule has 2 aliphatic rings. The number of carbonyl (C=O) groups excluding carboxylic acids is 3. The van der Waals surface area contributed by atoms with Gasteiger partial charge in [-0.1, -0.05) is 61.1 Å². The Labute approximate surface area is 303 Å². The van der Waals surface area contributed by atoms with Crippen molar-refractivity contribution in [2.24, 2.45) is 29.1 Å². The number of carbonyl (C=O) groups is 3. The Bertz CT molecular complexity index is 1550. The lowest BCUT2D eigenvalue weighted by atomic mass is 9.85. The van der Waals surface area contributed by atoms with Gasteiger partial charge in [-0.25, -0.2) is 19.6 Å². The predicted octanol–water partition coefficient (Wildman–Crippen LogP) is 7.38. The molecule has 7 atom stereocenters. The number of fused-ring (bicyclic) bond motifs is 1. The largest absolute Gasteiger partial charge is 0.497 e. The summed E-state index contributed by atoms with van der Waals surface area (Å²) in [4.78, 5) is 53.0. The highest BCUT2D eigenvalue weighted by Gasteiger charge is 2.52. The summed E-state index contributed by atoms with van der Waals surface area (Å²) >= 11 is 0. The summed E-state index contributed by atoms with van der Waals surface area (Å²) in [6, 6.07) is 3.45. The first-order chi connectivity index (χ1) is 24.2. The average Bonchev–Trinajstić information content (AvgIpc) is 3.63. The number of methoxy groups -OCH3 is 1. The second kappa shape index (κ2) is 17.4. The number of hydrogen-bond acceptors (Lipinski definition) is 9. The average molecular weight is 707 g/mol. The van der Waals surface area contributed by atoms with Crippen LogP contribution in [-0.4, -0.2) is 77.4 Å². The molecule has 0 radical (unpaired) electrons. The van der Waals surface area contributed by atoms with E-state index in [9.17, 15) is 14.4 Å². The summed E-state index contributed by atoms with van der Waals surface area (Å²) in [6.45, 7) is 21.7. The molecule has 4 rings (SSSR count). The van der Waals surface area contributed by atoms with Gasteiger partial charge in [-0.2, -0.15) is 0 Å². The van der Waals surface area contributed by atoms with Crippen LogP contribution in [0.1, 0.15) is 92.7 Å². The molecule has 2 fully saturated rings. The Hall–Kier alpha value is -4.15. The number of nitrogens with one attached hydrogen (secondary N) is 1. The van der Waals surface area contributed by atoms with Gasteiger partial charge < -0.3 is 29.2 Å². The van der Waals surface area contributed by atoms with E-state index in [1.54, 1.807) is 25.3 Å². The smallest absolute Gasteiger partial charge is 0.408 e. The summed E-state index contributed by atoms with van der Waals surface area (Å²) in [5, 5.41) is 2.91. The van der Waals surface area contributed by atoms with E-state index in [4.69, 9.17) is 23.9 Å². The van der Waals surface area contributed by atoms with Crippen LogP contribution in [0.2, 0.25) is 0 Å². The molecule has 2 heterocycles. The number of benzene rings is 1. The van der Waals surface area contributed by atoms with Gasteiger partial charge in [-0.3, -0.25) is 4.79 Å². The van der Waals surface area contributed by atoms with Crippen molar-refractivity contribution in [2.75, 3.05) is 20.3 Å². The Morgan fingerprint density at radius 2 is 1.84 bits per heavy atom. The van der Waals surface area contributed by atoms with Crippen molar-refractivity contribution in [2.45, 2.75) is 111 Å². The van der Waals surface area contributed by atoms with Gasteiger partial charge in [-0.05, 0) is 79.9 Å². The molecule has 1 N–H and O–H groups in total. The van der Waals surface area contributed by atoms with Crippen molar-refractivity contribution in [1.82, 2.24) is 20.2 Å². The van der Waals surface area contributed by atoms with Crippen molar-refractivity contribution >= 4 is 35.1 Å². The molecule has 11 nitrogen and oxygen atoms in total. The minimum absolute atomic E-state index is 0.0714. The van der Waals surface area contributed by atoms with Gasteiger partial charge >= 0.3 is 12.1 Å². The second-order valence-corrected chi connectivity index (χ2v) is 15.6. The van der Waals surface area contributed by atoms with E-state index in [0.29, 0.717) is 34.8 Å². The first-order valence-electron chi connectivity index (χ1n) is 18.4. The van der Waals surface area contributed by atoms with Crippen LogP contribution in [0.25, 0.3) is 17.1 Å². The van der Waals surface area contributed by atoms with Gasteiger partial charge in [0, 0.05) is 12.0 Å². The quantitative estimate of drug-likeness (QED) is 0.115. The van der Waals surface area contributed by atoms with Crippen LogP contribution >= 0.6 is 0 Å². The Kier molecular flexibility index (Phi) is 13.5. The maximum absolute atomic E-state index is 14.7. The number of aromatic nitrogens is 2. The van der Waals surface area contributed by atoms with Gasteiger partial charge in [-0.15, -0.1) is 6.58 Å². The van der Waals surface area contributed by atoms with Crippen molar-refractivity contribution in [3.05, 3.63) is 43.1 Å². The highest BCUT2D eigenvalue weighted by Crippen LogP contribution is 2.38. The number of unbranched alkanes of at least 4 members (excludes halogenated alkanes) is 1. The summed E-state index contributed by atoms with van der Waals surface area (Å²) in [7, 11) is 1.58. The number of nitrogens with zero attached hydrogens (tertiary/aromatic N) is 3. The number of esters is 1. The van der Waals surface area contributed by atoms with Crippen LogP contribution in [0.5, 0.6) is 11.6 Å². The topological polar surface area (TPSA) is 129 Å². The molecule has 1 aliphatic heterocycles. The van der Waals surface area contributed by atoms with E-state index >= 15 is 0 Å². The third-order valence-electron chi connectivity index (χ3n) is 9.95. The molecule has 1 saturated heterocycles. The number of rotatable bonds is 15. The number of likely N-dealkylation sites (tertiary alicyclic amines) is 1. The Morgan fingerprint density at radius 3 is 2.47 bits per heavy atom. The lowest BCUT2D eigenvalue weighted by Crippen LogP contribution is -2.57. The molecular weight excluding hydrogens is 648 g/mol. The fourth-order valence-electron chi connectivity index (χ4n) is 7.30. The molecule has 1 aromatic carbocycles. The molecule has 0 unspecified atom stereocenters. The first-order valence-corrected chi connectivity index (χ1v) is 18.4. The van der Waals surface area contributed by atoms with E-state index in [1.807, 2.05) is 53.7 Å². The number of ether oxygens (including phenoxy) is 4. The maximum Gasteiger partial charge on any atom is 0.408 e. The zero-order chi connectivity index (χ0) is 37.5.